The highest BCUT2D eigenvalue weighted by Gasteiger charge is 2.37. The van der Waals surface area contributed by atoms with Crippen molar-refractivity contribution < 1.29 is 23.8 Å². The van der Waals surface area contributed by atoms with Crippen molar-refractivity contribution in [1.29, 1.82) is 0 Å². The number of aromatic hydroxyl groups is 1. The first kappa shape index (κ1) is 26.0. The van der Waals surface area contributed by atoms with Crippen LogP contribution < -0.4 is 0 Å². The molecule has 0 atom stereocenters. The van der Waals surface area contributed by atoms with Gasteiger partial charge in [-0.25, -0.2) is 14.2 Å². The number of hydrogen-bond donors (Lipinski definition) is 1. The van der Waals surface area contributed by atoms with Crippen LogP contribution in [0.2, 0.25) is 5.02 Å². The van der Waals surface area contributed by atoms with Gasteiger partial charge in [0.2, 0.25) is 0 Å². The molecular weight excluding hydrogens is 509 g/mol. The first-order chi connectivity index (χ1) is 18.4. The molecule has 9 heteroatoms. The third-order valence-electron chi connectivity index (χ3n) is 6.95. The number of esters is 1. The van der Waals surface area contributed by atoms with Crippen LogP contribution in [0, 0.1) is 5.82 Å². The molecule has 3 aromatic rings. The molecule has 0 unspecified atom stereocenters. The van der Waals surface area contributed by atoms with Gasteiger partial charge >= 0.3 is 5.97 Å². The van der Waals surface area contributed by atoms with Gasteiger partial charge in [-0.1, -0.05) is 18.0 Å². The van der Waals surface area contributed by atoms with Crippen molar-refractivity contribution in [1.82, 2.24) is 14.6 Å². The maximum atomic E-state index is 14.1. The summed E-state index contributed by atoms with van der Waals surface area (Å²) < 4.78 is 21.0. The molecule has 2 aliphatic heterocycles. The molecule has 1 amide bonds. The molecule has 0 radical (unpaired) electrons. The van der Waals surface area contributed by atoms with Crippen LogP contribution in [0.25, 0.3) is 23.0 Å². The number of fused-ring (bicyclic) bond motifs is 1. The summed E-state index contributed by atoms with van der Waals surface area (Å²) in [5, 5.41) is 14.0. The number of benzene rings is 2. The molecule has 0 spiro atoms. The molecular formula is C29H29ClFN3O4. The summed E-state index contributed by atoms with van der Waals surface area (Å²) in [6.45, 7) is 4.06. The van der Waals surface area contributed by atoms with E-state index in [1.165, 1.54) is 18.2 Å². The number of hydrogen-bond acceptors (Lipinski definition) is 5. The number of halogens is 2. The maximum Gasteiger partial charge on any atom is 0.330 e. The number of piperidine rings is 1. The van der Waals surface area contributed by atoms with Crippen LogP contribution in [-0.2, 0) is 16.0 Å². The van der Waals surface area contributed by atoms with Gasteiger partial charge in [0, 0.05) is 43.4 Å². The summed E-state index contributed by atoms with van der Waals surface area (Å²) in [5.41, 5.74) is 3.54. The number of carbonyl (C=O) groups is 2. The van der Waals surface area contributed by atoms with Crippen molar-refractivity contribution >= 4 is 29.6 Å². The van der Waals surface area contributed by atoms with E-state index in [1.54, 1.807) is 48.3 Å². The van der Waals surface area contributed by atoms with E-state index < -0.39 is 11.8 Å². The molecule has 2 aromatic carbocycles. The second-order valence-electron chi connectivity index (χ2n) is 9.34. The van der Waals surface area contributed by atoms with Gasteiger partial charge in [-0.3, -0.25) is 9.80 Å². The van der Waals surface area contributed by atoms with E-state index in [0.29, 0.717) is 41.0 Å². The average Bonchev–Trinajstić information content (AvgIpc) is 3.23. The van der Waals surface area contributed by atoms with Crippen LogP contribution >= 0.6 is 11.6 Å². The van der Waals surface area contributed by atoms with E-state index in [-0.39, 0.29) is 23.3 Å². The second-order valence-corrected chi connectivity index (χ2v) is 9.75. The first-order valence-corrected chi connectivity index (χ1v) is 13.2. The van der Waals surface area contributed by atoms with Crippen LogP contribution in [0.1, 0.15) is 47.8 Å². The van der Waals surface area contributed by atoms with Gasteiger partial charge in [0.05, 0.1) is 28.6 Å². The second kappa shape index (κ2) is 11.0. The average molecular weight is 538 g/mol. The monoisotopic (exact) mass is 537 g/mol. The third-order valence-corrected chi connectivity index (χ3v) is 7.26. The minimum atomic E-state index is -0.526. The van der Waals surface area contributed by atoms with Crippen LogP contribution in [0.3, 0.4) is 0 Å². The Balaban J connectivity index is 1.77. The number of rotatable bonds is 6. The van der Waals surface area contributed by atoms with Gasteiger partial charge in [0.25, 0.3) is 5.91 Å². The summed E-state index contributed by atoms with van der Waals surface area (Å²) in [5.74, 6) is -1.07. The van der Waals surface area contributed by atoms with Crippen molar-refractivity contribution in [3.05, 3.63) is 76.2 Å². The summed E-state index contributed by atoms with van der Waals surface area (Å²) >= 11 is 6.56. The van der Waals surface area contributed by atoms with Gasteiger partial charge in [-0.15, -0.1) is 0 Å². The first-order valence-electron chi connectivity index (χ1n) is 12.8. The Bertz CT molecular complexity index is 1390. The van der Waals surface area contributed by atoms with Crippen molar-refractivity contribution in [3.8, 4) is 22.7 Å². The minimum Gasteiger partial charge on any atom is -0.508 e. The van der Waals surface area contributed by atoms with Gasteiger partial charge in [-0.05, 0) is 73.9 Å². The molecule has 7 nitrogen and oxygen atoms in total. The minimum absolute atomic E-state index is 0.0902. The number of ether oxygens (including phenoxy) is 1. The molecule has 2 aliphatic rings. The molecule has 38 heavy (non-hydrogen) atoms. The number of amides is 1. The van der Waals surface area contributed by atoms with Crippen LogP contribution in [-0.4, -0.2) is 57.8 Å². The number of phenols is 1. The highest BCUT2D eigenvalue weighted by Crippen LogP contribution is 2.41. The zero-order valence-corrected chi connectivity index (χ0v) is 21.9. The van der Waals surface area contributed by atoms with E-state index in [0.717, 1.165) is 38.0 Å². The molecule has 0 saturated carbocycles. The Morgan fingerprint density at radius 3 is 2.53 bits per heavy atom. The van der Waals surface area contributed by atoms with Gasteiger partial charge < -0.3 is 14.4 Å². The Morgan fingerprint density at radius 1 is 1.11 bits per heavy atom. The molecule has 1 N–H and O–H groups in total. The lowest BCUT2D eigenvalue weighted by atomic mass is 9.99. The number of nitrogens with zero attached hydrogens (tertiary/aromatic N) is 3. The van der Waals surface area contributed by atoms with E-state index in [2.05, 4.69) is 5.01 Å². The van der Waals surface area contributed by atoms with E-state index >= 15 is 0 Å². The Kier molecular flexibility index (Phi) is 7.53. The fraction of sp³-hybridized carbons (Fsp3) is 0.310. The highest BCUT2D eigenvalue weighted by atomic mass is 35.5. The van der Waals surface area contributed by atoms with Crippen LogP contribution in [0.5, 0.6) is 5.75 Å². The fourth-order valence-corrected chi connectivity index (χ4v) is 5.54. The van der Waals surface area contributed by atoms with E-state index in [4.69, 9.17) is 16.3 Å². The Morgan fingerprint density at radius 2 is 1.84 bits per heavy atom. The normalized spacial score (nSPS) is 16.2. The summed E-state index contributed by atoms with van der Waals surface area (Å²) in [4.78, 5) is 26.4. The summed E-state index contributed by atoms with van der Waals surface area (Å²) in [7, 11) is 0. The van der Waals surface area contributed by atoms with Gasteiger partial charge in [-0.2, -0.15) is 0 Å². The van der Waals surface area contributed by atoms with Crippen molar-refractivity contribution in [2.75, 3.05) is 26.2 Å². The lowest BCUT2D eigenvalue weighted by Gasteiger charge is -2.39. The zero-order valence-electron chi connectivity index (χ0n) is 21.1. The largest absolute Gasteiger partial charge is 0.508 e. The highest BCUT2D eigenvalue weighted by molar-refractivity contribution is 6.32. The zero-order chi connectivity index (χ0) is 26.8. The van der Waals surface area contributed by atoms with Gasteiger partial charge in [0.15, 0.2) is 0 Å². The predicted molar refractivity (Wildman–Crippen MR) is 144 cm³/mol. The maximum absolute atomic E-state index is 14.1. The quantitative estimate of drug-likeness (QED) is 0.326. The molecule has 5 rings (SSSR count). The van der Waals surface area contributed by atoms with Crippen molar-refractivity contribution in [3.63, 3.8) is 0 Å². The molecule has 3 heterocycles. The number of phenolic OH excluding ortho intramolecular Hbond substituents is 1. The Labute approximate surface area is 225 Å². The summed E-state index contributed by atoms with van der Waals surface area (Å²) in [6, 6.07) is 10.7. The SMILES string of the molecule is CCOC(=O)/C=C/c1c2c(n(-c3ccc(F)cc3Cl)c1-c1ccc(O)cc1)CCN(N1CCCCC1)C2=O. The lowest BCUT2D eigenvalue weighted by molar-refractivity contribution is -0.137. The van der Waals surface area contributed by atoms with Crippen LogP contribution in [0.4, 0.5) is 4.39 Å². The number of carbonyl (C=O) groups excluding carboxylic acids is 2. The van der Waals surface area contributed by atoms with E-state index in [1.807, 2.05) is 4.57 Å². The fourth-order valence-electron chi connectivity index (χ4n) is 5.28. The van der Waals surface area contributed by atoms with Crippen LogP contribution in [0.15, 0.2) is 48.5 Å². The molecule has 1 aromatic heterocycles. The molecule has 1 fully saturated rings. The summed E-state index contributed by atoms with van der Waals surface area (Å²) in [6.07, 6.45) is 6.64. The number of aromatic nitrogens is 1. The molecule has 1 saturated heterocycles. The smallest absolute Gasteiger partial charge is 0.330 e. The molecule has 198 valence electrons. The van der Waals surface area contributed by atoms with Gasteiger partial charge in [0.1, 0.15) is 11.6 Å². The third kappa shape index (κ3) is 4.93. The van der Waals surface area contributed by atoms with E-state index in [9.17, 15) is 19.1 Å². The standard InChI is InChI=1S/C29H29ClFN3O4/c1-2-38-26(36)13-11-22-27-25(14-17-33(29(27)37)32-15-4-3-5-16-32)34(24-12-8-20(31)18-23(24)30)28(22)19-6-9-21(35)10-7-19/h6-13,18,35H,2-5,14-17H2,1H3/b13-11+. The predicted octanol–water partition coefficient (Wildman–Crippen LogP) is 5.62. The van der Waals surface area contributed by atoms with Crippen molar-refractivity contribution in [2.24, 2.45) is 0 Å². The van der Waals surface area contributed by atoms with Crippen molar-refractivity contribution in [2.45, 2.75) is 32.6 Å². The topological polar surface area (TPSA) is 75.0 Å². The number of hydrazine groups is 1. The molecule has 0 aliphatic carbocycles. The molecule has 0 bridgehead atoms. The Hall–Kier alpha value is -3.62. The lowest BCUT2D eigenvalue weighted by Crippen LogP contribution is -2.51.